The van der Waals surface area contributed by atoms with E-state index in [9.17, 15) is 14.4 Å². The lowest BCUT2D eigenvalue weighted by Crippen LogP contribution is -2.40. The van der Waals surface area contributed by atoms with Gasteiger partial charge in [0.15, 0.2) is 0 Å². The number of imide groups is 1. The summed E-state index contributed by atoms with van der Waals surface area (Å²) in [6.45, 7) is 2.11. The van der Waals surface area contributed by atoms with Crippen LogP contribution < -0.4 is 4.74 Å². The maximum absolute atomic E-state index is 12.6. The number of carbonyl (C=O) groups is 3. The lowest BCUT2D eigenvalue weighted by molar-refractivity contribution is 0.0619. The van der Waals surface area contributed by atoms with E-state index in [2.05, 4.69) is 0 Å². The Morgan fingerprint density at radius 1 is 0.923 bits per heavy atom. The molecule has 0 unspecified atom stereocenters. The standard InChI is InChI=1S/C21H15NO4/c1-2-22-20(24)16-5-3-4-15-18(11-10-17(19(15)16)21(22)25)26-14-8-6-13(12-23)7-9-14/h3-12H,2H2,1H3. The molecule has 0 aliphatic carbocycles. The monoisotopic (exact) mass is 345 g/mol. The van der Waals surface area contributed by atoms with Gasteiger partial charge < -0.3 is 4.74 Å². The predicted molar refractivity (Wildman–Crippen MR) is 96.9 cm³/mol. The summed E-state index contributed by atoms with van der Waals surface area (Å²) in [7, 11) is 0. The van der Waals surface area contributed by atoms with E-state index in [1.807, 2.05) is 6.07 Å². The molecule has 5 nitrogen and oxygen atoms in total. The predicted octanol–water partition coefficient (Wildman–Crippen LogP) is 4.06. The van der Waals surface area contributed by atoms with E-state index in [1.54, 1.807) is 55.5 Å². The maximum Gasteiger partial charge on any atom is 0.261 e. The van der Waals surface area contributed by atoms with E-state index in [0.29, 0.717) is 45.5 Å². The number of hydrogen-bond acceptors (Lipinski definition) is 4. The van der Waals surface area contributed by atoms with Crippen LogP contribution in [0.5, 0.6) is 11.5 Å². The Kier molecular flexibility index (Phi) is 3.77. The van der Waals surface area contributed by atoms with E-state index in [0.717, 1.165) is 6.29 Å². The molecule has 0 saturated heterocycles. The Morgan fingerprint density at radius 2 is 1.62 bits per heavy atom. The van der Waals surface area contributed by atoms with Gasteiger partial charge in [0.2, 0.25) is 0 Å². The molecule has 1 heterocycles. The molecule has 1 aliphatic heterocycles. The third-order valence-corrected chi connectivity index (χ3v) is 4.51. The zero-order valence-corrected chi connectivity index (χ0v) is 14.1. The van der Waals surface area contributed by atoms with Gasteiger partial charge in [0.1, 0.15) is 17.8 Å². The van der Waals surface area contributed by atoms with Crippen LogP contribution in [0.1, 0.15) is 38.0 Å². The minimum absolute atomic E-state index is 0.289. The molecule has 26 heavy (non-hydrogen) atoms. The molecule has 4 rings (SSSR count). The van der Waals surface area contributed by atoms with E-state index in [-0.39, 0.29) is 11.8 Å². The Bertz CT molecular complexity index is 1030. The highest BCUT2D eigenvalue weighted by Gasteiger charge is 2.32. The highest BCUT2D eigenvalue weighted by Crippen LogP contribution is 2.37. The molecule has 0 bridgehead atoms. The number of nitrogens with zero attached hydrogens (tertiary/aromatic N) is 1. The molecular formula is C21H15NO4. The molecule has 0 fully saturated rings. The maximum atomic E-state index is 12.6. The van der Waals surface area contributed by atoms with Crippen molar-refractivity contribution in [3.05, 3.63) is 71.3 Å². The van der Waals surface area contributed by atoms with Crippen molar-refractivity contribution in [1.82, 2.24) is 4.90 Å². The molecular weight excluding hydrogens is 330 g/mol. The summed E-state index contributed by atoms with van der Waals surface area (Å²) in [5.74, 6) is 0.543. The lowest BCUT2D eigenvalue weighted by atomic mass is 9.93. The third-order valence-electron chi connectivity index (χ3n) is 4.51. The Hall–Kier alpha value is -3.47. The van der Waals surface area contributed by atoms with Crippen LogP contribution in [0, 0.1) is 0 Å². The van der Waals surface area contributed by atoms with Crippen molar-refractivity contribution in [2.24, 2.45) is 0 Å². The molecule has 0 atom stereocenters. The number of amides is 2. The van der Waals surface area contributed by atoms with Gasteiger partial charge in [-0.3, -0.25) is 19.3 Å². The number of benzene rings is 3. The summed E-state index contributed by atoms with van der Waals surface area (Å²) in [6, 6.07) is 15.5. The molecule has 2 amide bonds. The fourth-order valence-electron chi connectivity index (χ4n) is 3.24. The number of rotatable bonds is 4. The van der Waals surface area contributed by atoms with Gasteiger partial charge in [0, 0.05) is 34.0 Å². The molecule has 0 saturated carbocycles. The average Bonchev–Trinajstić information content (AvgIpc) is 2.68. The van der Waals surface area contributed by atoms with Gasteiger partial charge in [-0.25, -0.2) is 0 Å². The number of ether oxygens (including phenoxy) is 1. The topological polar surface area (TPSA) is 63.7 Å². The second-order valence-corrected chi connectivity index (χ2v) is 5.98. The smallest absolute Gasteiger partial charge is 0.261 e. The van der Waals surface area contributed by atoms with Crippen LogP contribution in [-0.4, -0.2) is 29.5 Å². The van der Waals surface area contributed by atoms with Crippen molar-refractivity contribution in [3.63, 3.8) is 0 Å². The van der Waals surface area contributed by atoms with Crippen LogP contribution in [0.2, 0.25) is 0 Å². The molecule has 3 aromatic carbocycles. The largest absolute Gasteiger partial charge is 0.457 e. The lowest BCUT2D eigenvalue weighted by Gasteiger charge is -2.26. The van der Waals surface area contributed by atoms with E-state index < -0.39 is 0 Å². The Morgan fingerprint density at radius 3 is 2.27 bits per heavy atom. The summed E-state index contributed by atoms with van der Waals surface area (Å²) in [5.41, 5.74) is 1.56. The molecule has 0 N–H and O–H groups in total. The molecule has 128 valence electrons. The molecule has 0 radical (unpaired) electrons. The van der Waals surface area contributed by atoms with Crippen LogP contribution >= 0.6 is 0 Å². The first-order valence-corrected chi connectivity index (χ1v) is 8.29. The first-order valence-electron chi connectivity index (χ1n) is 8.29. The summed E-state index contributed by atoms with van der Waals surface area (Å²) in [5, 5.41) is 1.33. The van der Waals surface area contributed by atoms with Crippen LogP contribution in [0.15, 0.2) is 54.6 Å². The summed E-state index contributed by atoms with van der Waals surface area (Å²) in [6.07, 6.45) is 0.767. The van der Waals surface area contributed by atoms with Crippen LogP contribution in [-0.2, 0) is 0 Å². The summed E-state index contributed by atoms with van der Waals surface area (Å²) < 4.78 is 5.94. The van der Waals surface area contributed by atoms with Crippen LogP contribution in [0.4, 0.5) is 0 Å². The van der Waals surface area contributed by atoms with Gasteiger partial charge in [0.25, 0.3) is 11.8 Å². The highest BCUT2D eigenvalue weighted by molar-refractivity contribution is 6.26. The zero-order valence-electron chi connectivity index (χ0n) is 14.1. The van der Waals surface area contributed by atoms with Gasteiger partial charge in [-0.15, -0.1) is 0 Å². The number of aldehydes is 1. The minimum Gasteiger partial charge on any atom is -0.457 e. The van der Waals surface area contributed by atoms with Gasteiger partial charge in [-0.2, -0.15) is 0 Å². The molecule has 3 aromatic rings. The zero-order chi connectivity index (χ0) is 18.3. The fraction of sp³-hybridized carbons (Fsp3) is 0.0952. The first kappa shape index (κ1) is 16.0. The van der Waals surface area contributed by atoms with Gasteiger partial charge in [-0.1, -0.05) is 12.1 Å². The molecule has 1 aliphatic rings. The van der Waals surface area contributed by atoms with Crippen LogP contribution in [0.25, 0.3) is 10.8 Å². The molecule has 5 heteroatoms. The first-order chi connectivity index (χ1) is 12.6. The van der Waals surface area contributed by atoms with Crippen molar-refractivity contribution >= 4 is 28.9 Å². The van der Waals surface area contributed by atoms with E-state index >= 15 is 0 Å². The fourth-order valence-corrected chi connectivity index (χ4v) is 3.24. The average molecular weight is 345 g/mol. The highest BCUT2D eigenvalue weighted by atomic mass is 16.5. The van der Waals surface area contributed by atoms with E-state index in [4.69, 9.17) is 4.74 Å². The van der Waals surface area contributed by atoms with E-state index in [1.165, 1.54) is 4.90 Å². The minimum atomic E-state index is -0.289. The third kappa shape index (κ3) is 2.37. The van der Waals surface area contributed by atoms with Crippen LogP contribution in [0.3, 0.4) is 0 Å². The normalized spacial score (nSPS) is 13.2. The second-order valence-electron chi connectivity index (χ2n) is 5.98. The molecule has 0 spiro atoms. The van der Waals surface area contributed by atoms with Gasteiger partial charge >= 0.3 is 0 Å². The Balaban J connectivity index is 1.85. The van der Waals surface area contributed by atoms with Crippen molar-refractivity contribution in [1.29, 1.82) is 0 Å². The van der Waals surface area contributed by atoms with Gasteiger partial charge in [-0.05, 0) is 49.4 Å². The van der Waals surface area contributed by atoms with Crippen molar-refractivity contribution in [2.45, 2.75) is 6.92 Å². The SMILES string of the molecule is CCN1C(=O)c2cccc3c(Oc4ccc(C=O)cc4)ccc(c23)C1=O. The van der Waals surface area contributed by atoms with Crippen molar-refractivity contribution in [2.75, 3.05) is 6.54 Å². The summed E-state index contributed by atoms with van der Waals surface area (Å²) >= 11 is 0. The van der Waals surface area contributed by atoms with Crippen molar-refractivity contribution in [3.8, 4) is 11.5 Å². The second kappa shape index (κ2) is 6.11. The molecule has 0 aromatic heterocycles. The summed E-state index contributed by atoms with van der Waals surface area (Å²) in [4.78, 5) is 37.2. The van der Waals surface area contributed by atoms with Crippen molar-refractivity contribution < 1.29 is 19.1 Å². The number of carbonyl (C=O) groups excluding carboxylic acids is 3. The Labute approximate surface area is 149 Å². The number of hydrogen-bond donors (Lipinski definition) is 0. The van der Waals surface area contributed by atoms with Gasteiger partial charge in [0.05, 0.1) is 0 Å². The quantitative estimate of drug-likeness (QED) is 0.528.